The van der Waals surface area contributed by atoms with Gasteiger partial charge >= 0.3 is 0 Å². The van der Waals surface area contributed by atoms with E-state index < -0.39 is 10.8 Å². The molecule has 1 amide bonds. The van der Waals surface area contributed by atoms with Gasteiger partial charge in [0.05, 0.1) is 4.92 Å². The van der Waals surface area contributed by atoms with Crippen molar-refractivity contribution in [2.75, 3.05) is 24.5 Å². The second-order valence-corrected chi connectivity index (χ2v) is 6.85. The number of nitrogens with zero attached hydrogens (tertiary/aromatic N) is 2. The average molecular weight is 367 g/mol. The number of carbonyl (C=O) groups excluding carboxylic acids is 1. The molecule has 0 spiro atoms. The Hall–Kier alpha value is -2.89. The van der Waals surface area contributed by atoms with Crippen LogP contribution in [-0.4, -0.2) is 30.5 Å². The molecule has 6 heteroatoms. The quantitative estimate of drug-likeness (QED) is 0.457. The highest BCUT2D eigenvalue weighted by Crippen LogP contribution is 2.21. The second-order valence-electron chi connectivity index (χ2n) is 6.85. The lowest BCUT2D eigenvalue weighted by molar-refractivity contribution is -0.385. The number of nitrogens with one attached hydrogen (secondary N) is 1. The number of hydrogen-bond acceptors (Lipinski definition) is 4. The molecule has 1 heterocycles. The minimum atomic E-state index is -0.529. The molecule has 3 rings (SSSR count). The molecule has 0 aromatic heterocycles. The molecule has 0 saturated carbocycles. The lowest BCUT2D eigenvalue weighted by Gasteiger charge is -2.28. The van der Waals surface area contributed by atoms with Gasteiger partial charge in [-0.25, -0.2) is 0 Å². The number of para-hydroxylation sites is 1. The molecule has 0 unspecified atom stereocenters. The maximum Gasteiger partial charge on any atom is 0.282 e. The molecule has 6 nitrogen and oxygen atoms in total. The topological polar surface area (TPSA) is 75.5 Å². The molecule has 0 aliphatic carbocycles. The summed E-state index contributed by atoms with van der Waals surface area (Å²) >= 11 is 0. The van der Waals surface area contributed by atoms with Crippen LogP contribution in [0.3, 0.4) is 0 Å². The molecule has 142 valence electrons. The van der Waals surface area contributed by atoms with Crippen LogP contribution in [0.2, 0.25) is 0 Å². The van der Waals surface area contributed by atoms with E-state index in [0.29, 0.717) is 6.54 Å². The molecule has 0 atom stereocenters. The fourth-order valence-electron chi connectivity index (χ4n) is 3.44. The summed E-state index contributed by atoms with van der Waals surface area (Å²) in [4.78, 5) is 25.1. The summed E-state index contributed by atoms with van der Waals surface area (Å²) in [6.45, 7) is 2.76. The highest BCUT2D eigenvalue weighted by molar-refractivity contribution is 5.98. The lowest BCUT2D eigenvalue weighted by Crippen LogP contribution is -2.29. The number of piperidine rings is 1. The number of nitro benzene ring substituents is 1. The first-order valence-corrected chi connectivity index (χ1v) is 9.50. The summed E-state index contributed by atoms with van der Waals surface area (Å²) in [6, 6.07) is 14.7. The van der Waals surface area contributed by atoms with Crippen LogP contribution in [0.5, 0.6) is 0 Å². The first-order chi connectivity index (χ1) is 13.1. The fourth-order valence-corrected chi connectivity index (χ4v) is 3.44. The normalized spacial score (nSPS) is 14.0. The Labute approximate surface area is 159 Å². The SMILES string of the molecule is O=C(NCCCc1ccc(N2CCCCC2)cc1)c1ccccc1[N+](=O)[O-]. The second kappa shape index (κ2) is 9.16. The van der Waals surface area contributed by atoms with E-state index in [4.69, 9.17) is 0 Å². The summed E-state index contributed by atoms with van der Waals surface area (Å²) in [5, 5.41) is 13.8. The van der Waals surface area contributed by atoms with Crippen molar-refractivity contribution in [3.8, 4) is 0 Å². The van der Waals surface area contributed by atoms with Crippen LogP contribution in [0.1, 0.15) is 41.6 Å². The van der Waals surface area contributed by atoms with E-state index in [1.165, 1.54) is 42.6 Å². The zero-order valence-corrected chi connectivity index (χ0v) is 15.4. The van der Waals surface area contributed by atoms with Crippen LogP contribution >= 0.6 is 0 Å². The third-order valence-electron chi connectivity index (χ3n) is 4.93. The van der Waals surface area contributed by atoms with E-state index in [2.05, 4.69) is 34.5 Å². The monoisotopic (exact) mass is 367 g/mol. The number of anilines is 1. The Morgan fingerprint density at radius 2 is 1.74 bits per heavy atom. The minimum absolute atomic E-state index is 0.105. The van der Waals surface area contributed by atoms with Gasteiger partial charge in [0.25, 0.3) is 11.6 Å². The Kier molecular flexibility index (Phi) is 6.41. The molecule has 1 fully saturated rings. The van der Waals surface area contributed by atoms with Gasteiger partial charge in [0, 0.05) is 31.4 Å². The smallest absolute Gasteiger partial charge is 0.282 e. The van der Waals surface area contributed by atoms with Crippen LogP contribution in [0.25, 0.3) is 0 Å². The zero-order chi connectivity index (χ0) is 19.1. The molecule has 1 saturated heterocycles. The summed E-state index contributed by atoms with van der Waals surface area (Å²) in [5.74, 6) is -0.400. The largest absolute Gasteiger partial charge is 0.372 e. The van der Waals surface area contributed by atoms with Crippen LogP contribution in [0.15, 0.2) is 48.5 Å². The van der Waals surface area contributed by atoms with Crippen molar-refractivity contribution in [3.05, 3.63) is 69.8 Å². The van der Waals surface area contributed by atoms with Gasteiger partial charge in [-0.1, -0.05) is 24.3 Å². The number of aryl methyl sites for hydroxylation is 1. The lowest BCUT2D eigenvalue weighted by atomic mass is 10.1. The van der Waals surface area contributed by atoms with Gasteiger partial charge in [0.1, 0.15) is 5.56 Å². The summed E-state index contributed by atoms with van der Waals surface area (Å²) in [6.07, 6.45) is 5.50. The first kappa shape index (κ1) is 18.9. The van der Waals surface area contributed by atoms with Gasteiger partial charge in [-0.05, 0) is 55.9 Å². The van der Waals surface area contributed by atoms with Crippen LogP contribution in [-0.2, 0) is 6.42 Å². The van der Waals surface area contributed by atoms with Crippen molar-refractivity contribution in [3.63, 3.8) is 0 Å². The molecule has 0 bridgehead atoms. The van der Waals surface area contributed by atoms with E-state index in [1.54, 1.807) is 12.1 Å². The van der Waals surface area contributed by atoms with Crippen LogP contribution in [0, 0.1) is 10.1 Å². The molecule has 1 N–H and O–H groups in total. The third kappa shape index (κ3) is 5.06. The van der Waals surface area contributed by atoms with Crippen LogP contribution < -0.4 is 10.2 Å². The van der Waals surface area contributed by atoms with E-state index in [9.17, 15) is 14.9 Å². The molecular formula is C21H25N3O3. The van der Waals surface area contributed by atoms with Crippen molar-refractivity contribution in [1.82, 2.24) is 5.32 Å². The third-order valence-corrected chi connectivity index (χ3v) is 4.93. The maximum atomic E-state index is 12.2. The van der Waals surface area contributed by atoms with Gasteiger partial charge in [-0.15, -0.1) is 0 Å². The molecular weight excluding hydrogens is 342 g/mol. The van der Waals surface area contributed by atoms with E-state index in [0.717, 1.165) is 25.9 Å². The summed E-state index contributed by atoms with van der Waals surface area (Å²) < 4.78 is 0. The van der Waals surface area contributed by atoms with Crippen LogP contribution in [0.4, 0.5) is 11.4 Å². The van der Waals surface area contributed by atoms with Crippen molar-refractivity contribution in [1.29, 1.82) is 0 Å². The number of amides is 1. The van der Waals surface area contributed by atoms with Crippen molar-refractivity contribution in [2.45, 2.75) is 32.1 Å². The predicted molar refractivity (Wildman–Crippen MR) is 106 cm³/mol. The molecule has 1 aliphatic rings. The average Bonchev–Trinajstić information content (AvgIpc) is 2.72. The van der Waals surface area contributed by atoms with Gasteiger partial charge in [-0.3, -0.25) is 14.9 Å². The van der Waals surface area contributed by atoms with Gasteiger partial charge < -0.3 is 10.2 Å². The Bertz CT molecular complexity index is 784. The van der Waals surface area contributed by atoms with Crippen molar-refractivity contribution in [2.24, 2.45) is 0 Å². The fraction of sp³-hybridized carbons (Fsp3) is 0.381. The number of carbonyl (C=O) groups is 1. The highest BCUT2D eigenvalue weighted by Gasteiger charge is 2.18. The Morgan fingerprint density at radius 3 is 2.44 bits per heavy atom. The standard InChI is InChI=1S/C21H25N3O3/c25-21(19-8-2-3-9-20(19)24(26)27)22-14-6-7-17-10-12-18(13-11-17)23-15-4-1-5-16-23/h2-3,8-13H,1,4-7,14-16H2,(H,22,25). The first-order valence-electron chi connectivity index (χ1n) is 9.50. The zero-order valence-electron chi connectivity index (χ0n) is 15.4. The Balaban J connectivity index is 1.46. The number of rotatable bonds is 7. The van der Waals surface area contributed by atoms with Crippen molar-refractivity contribution >= 4 is 17.3 Å². The highest BCUT2D eigenvalue weighted by atomic mass is 16.6. The van der Waals surface area contributed by atoms with Gasteiger partial charge in [0.2, 0.25) is 0 Å². The van der Waals surface area contributed by atoms with Gasteiger partial charge in [-0.2, -0.15) is 0 Å². The molecule has 1 aliphatic heterocycles. The number of hydrogen-bond donors (Lipinski definition) is 1. The number of nitro groups is 1. The van der Waals surface area contributed by atoms with E-state index >= 15 is 0 Å². The van der Waals surface area contributed by atoms with Gasteiger partial charge in [0.15, 0.2) is 0 Å². The summed E-state index contributed by atoms with van der Waals surface area (Å²) in [5.41, 5.74) is 2.45. The molecule has 27 heavy (non-hydrogen) atoms. The Morgan fingerprint density at radius 1 is 1.04 bits per heavy atom. The maximum absolute atomic E-state index is 12.2. The minimum Gasteiger partial charge on any atom is -0.372 e. The molecule has 2 aromatic rings. The van der Waals surface area contributed by atoms with E-state index in [1.807, 2.05) is 0 Å². The number of benzene rings is 2. The summed E-state index contributed by atoms with van der Waals surface area (Å²) in [7, 11) is 0. The molecule has 0 radical (unpaired) electrons. The van der Waals surface area contributed by atoms with E-state index in [-0.39, 0.29) is 11.3 Å². The molecule has 2 aromatic carbocycles. The predicted octanol–water partition coefficient (Wildman–Crippen LogP) is 3.95. The van der Waals surface area contributed by atoms with Crippen molar-refractivity contribution < 1.29 is 9.72 Å².